The Kier molecular flexibility index (Phi) is 2.37. The smallest absolute Gasteiger partial charge is 0.225 e. The van der Waals surface area contributed by atoms with E-state index < -0.39 is 0 Å². The van der Waals surface area contributed by atoms with Gasteiger partial charge in [0, 0.05) is 5.69 Å². The minimum atomic E-state index is 0.173. The van der Waals surface area contributed by atoms with Crippen molar-refractivity contribution in [3.05, 3.63) is 21.7 Å². The number of aromatic amines is 1. The van der Waals surface area contributed by atoms with Gasteiger partial charge in [-0.25, -0.2) is 4.98 Å². The van der Waals surface area contributed by atoms with Crippen LogP contribution in [0.4, 0.5) is 0 Å². The Morgan fingerprint density at radius 3 is 2.64 bits per heavy atom. The maximum atomic E-state index is 5.98. The largest absolute Gasteiger partial charge is 0.343 e. The summed E-state index contributed by atoms with van der Waals surface area (Å²) in [7, 11) is 0. The predicted molar refractivity (Wildman–Crippen MR) is 58.0 cm³/mol. The number of H-pyrrole nitrogens is 1. The van der Waals surface area contributed by atoms with Gasteiger partial charge in [-0.15, -0.1) is 0 Å². The Bertz CT molecular complexity index is 490. The molecule has 0 aliphatic heterocycles. The molecule has 2 aromatic rings. The van der Waals surface area contributed by atoms with Crippen molar-refractivity contribution in [2.45, 2.75) is 20.3 Å². The van der Waals surface area contributed by atoms with Gasteiger partial charge in [0.2, 0.25) is 5.28 Å². The fourth-order valence-electron chi connectivity index (χ4n) is 1.57. The van der Waals surface area contributed by atoms with Crippen molar-refractivity contribution < 1.29 is 0 Å². The van der Waals surface area contributed by atoms with Gasteiger partial charge in [-0.3, -0.25) is 0 Å². The zero-order valence-corrected chi connectivity index (χ0v) is 9.37. The molecule has 2 rings (SSSR count). The van der Waals surface area contributed by atoms with Crippen molar-refractivity contribution in [3.8, 4) is 0 Å². The molecule has 3 nitrogen and oxygen atoms in total. The van der Waals surface area contributed by atoms with Crippen LogP contribution >= 0.6 is 23.2 Å². The summed E-state index contributed by atoms with van der Waals surface area (Å²) >= 11 is 11.7. The Hall–Kier alpha value is -0.800. The van der Waals surface area contributed by atoms with Gasteiger partial charge in [0.15, 0.2) is 0 Å². The van der Waals surface area contributed by atoms with E-state index in [0.717, 1.165) is 23.1 Å². The van der Waals surface area contributed by atoms with Crippen LogP contribution < -0.4 is 0 Å². The van der Waals surface area contributed by atoms with E-state index in [1.165, 1.54) is 0 Å². The minimum Gasteiger partial charge on any atom is -0.343 e. The lowest BCUT2D eigenvalue weighted by Crippen LogP contribution is -1.84. The lowest BCUT2D eigenvalue weighted by atomic mass is 10.2. The third-order valence-corrected chi connectivity index (χ3v) is 2.73. The van der Waals surface area contributed by atoms with Crippen LogP contribution in [0, 0.1) is 6.92 Å². The van der Waals surface area contributed by atoms with E-state index in [1.54, 1.807) is 0 Å². The maximum absolute atomic E-state index is 5.98. The summed E-state index contributed by atoms with van der Waals surface area (Å²) in [6.45, 7) is 4.07. The monoisotopic (exact) mass is 229 g/mol. The van der Waals surface area contributed by atoms with E-state index in [2.05, 4.69) is 21.9 Å². The molecule has 0 saturated heterocycles. The summed E-state index contributed by atoms with van der Waals surface area (Å²) in [4.78, 5) is 11.2. The quantitative estimate of drug-likeness (QED) is 0.603. The van der Waals surface area contributed by atoms with Gasteiger partial charge >= 0.3 is 0 Å². The number of rotatable bonds is 1. The number of aromatic nitrogens is 3. The summed E-state index contributed by atoms with van der Waals surface area (Å²) in [6.07, 6.45) is 0.913. The first-order valence-corrected chi connectivity index (χ1v) is 5.09. The number of halogens is 2. The topological polar surface area (TPSA) is 41.6 Å². The Balaban J connectivity index is 2.85. The number of nitrogens with one attached hydrogen (secondary N) is 1. The first kappa shape index (κ1) is 9.74. The highest BCUT2D eigenvalue weighted by Gasteiger charge is 2.12. The Labute approximate surface area is 91.5 Å². The fraction of sp³-hybridized carbons (Fsp3) is 0.333. The van der Waals surface area contributed by atoms with Crippen LogP contribution in [0.5, 0.6) is 0 Å². The number of hydrogen-bond acceptors (Lipinski definition) is 2. The molecule has 14 heavy (non-hydrogen) atoms. The first-order valence-electron chi connectivity index (χ1n) is 4.33. The highest BCUT2D eigenvalue weighted by Crippen LogP contribution is 2.27. The van der Waals surface area contributed by atoms with E-state index in [1.807, 2.05) is 6.92 Å². The molecule has 0 unspecified atom stereocenters. The van der Waals surface area contributed by atoms with Gasteiger partial charge in [-0.2, -0.15) is 4.98 Å². The molecule has 0 atom stereocenters. The van der Waals surface area contributed by atoms with Crippen LogP contribution in [-0.4, -0.2) is 15.0 Å². The lowest BCUT2D eigenvalue weighted by Gasteiger charge is -1.95. The van der Waals surface area contributed by atoms with Gasteiger partial charge < -0.3 is 4.98 Å². The second-order valence-corrected chi connectivity index (χ2v) is 3.79. The maximum Gasteiger partial charge on any atom is 0.225 e. The van der Waals surface area contributed by atoms with Crippen molar-refractivity contribution in [1.82, 2.24) is 15.0 Å². The van der Waals surface area contributed by atoms with Gasteiger partial charge in [-0.05, 0) is 30.5 Å². The van der Waals surface area contributed by atoms with Crippen molar-refractivity contribution >= 4 is 34.2 Å². The average Bonchev–Trinajstić information content (AvgIpc) is 2.42. The molecule has 74 valence electrons. The van der Waals surface area contributed by atoms with Crippen LogP contribution in [0.2, 0.25) is 10.4 Å². The molecule has 1 N–H and O–H groups in total. The van der Waals surface area contributed by atoms with E-state index in [-0.39, 0.29) is 5.28 Å². The molecule has 0 radical (unpaired) electrons. The standard InChI is InChI=1S/C9H9Cl2N3/c1-3-5-4(2)6-7(10)13-9(11)14-8(6)12-5/h3H2,1-2H3,(H,12,13,14). The summed E-state index contributed by atoms with van der Waals surface area (Å²) in [5.74, 6) is 0. The second-order valence-electron chi connectivity index (χ2n) is 3.09. The first-order chi connectivity index (χ1) is 6.63. The van der Waals surface area contributed by atoms with E-state index in [4.69, 9.17) is 23.2 Å². The molecular formula is C9H9Cl2N3. The van der Waals surface area contributed by atoms with Crippen LogP contribution in [0.15, 0.2) is 0 Å². The molecule has 0 saturated carbocycles. The molecule has 0 aliphatic rings. The molecular weight excluding hydrogens is 221 g/mol. The number of hydrogen-bond donors (Lipinski definition) is 1. The number of nitrogens with zero attached hydrogens (tertiary/aromatic N) is 2. The number of aryl methyl sites for hydroxylation is 2. The molecule has 0 amide bonds. The molecule has 0 fully saturated rings. The summed E-state index contributed by atoms with van der Waals surface area (Å²) in [5, 5.41) is 1.45. The molecule has 5 heteroatoms. The third-order valence-electron chi connectivity index (χ3n) is 2.29. The van der Waals surface area contributed by atoms with Crippen molar-refractivity contribution in [2.24, 2.45) is 0 Å². The number of fused-ring (bicyclic) bond motifs is 1. The molecule has 0 spiro atoms. The Morgan fingerprint density at radius 1 is 1.29 bits per heavy atom. The minimum absolute atomic E-state index is 0.173. The molecule has 0 aliphatic carbocycles. The summed E-state index contributed by atoms with van der Waals surface area (Å²) in [5.41, 5.74) is 2.94. The highest BCUT2D eigenvalue weighted by atomic mass is 35.5. The second kappa shape index (κ2) is 3.41. The predicted octanol–water partition coefficient (Wildman–Crippen LogP) is 3.14. The fourth-order valence-corrected chi connectivity index (χ4v) is 2.10. The van der Waals surface area contributed by atoms with Gasteiger partial charge in [0.25, 0.3) is 0 Å². The highest BCUT2D eigenvalue weighted by molar-refractivity contribution is 6.35. The molecule has 2 aromatic heterocycles. The molecule has 0 aromatic carbocycles. The van der Waals surface area contributed by atoms with Crippen LogP contribution in [-0.2, 0) is 6.42 Å². The zero-order chi connectivity index (χ0) is 10.3. The van der Waals surface area contributed by atoms with Crippen LogP contribution in [0.3, 0.4) is 0 Å². The van der Waals surface area contributed by atoms with E-state index >= 15 is 0 Å². The van der Waals surface area contributed by atoms with Gasteiger partial charge in [0.05, 0.1) is 5.39 Å². The SMILES string of the molecule is CCc1[nH]c2nc(Cl)nc(Cl)c2c1C. The van der Waals surface area contributed by atoms with Gasteiger partial charge in [-0.1, -0.05) is 18.5 Å². The van der Waals surface area contributed by atoms with Crippen LogP contribution in [0.1, 0.15) is 18.2 Å². The molecule has 0 bridgehead atoms. The third kappa shape index (κ3) is 1.37. The van der Waals surface area contributed by atoms with Crippen molar-refractivity contribution in [3.63, 3.8) is 0 Å². The Morgan fingerprint density at radius 2 is 2.00 bits per heavy atom. The lowest BCUT2D eigenvalue weighted by molar-refractivity contribution is 1.05. The van der Waals surface area contributed by atoms with Gasteiger partial charge in [0.1, 0.15) is 10.8 Å². The van der Waals surface area contributed by atoms with E-state index in [0.29, 0.717) is 10.8 Å². The summed E-state index contributed by atoms with van der Waals surface area (Å²) in [6, 6.07) is 0. The van der Waals surface area contributed by atoms with Crippen molar-refractivity contribution in [2.75, 3.05) is 0 Å². The zero-order valence-electron chi connectivity index (χ0n) is 7.86. The van der Waals surface area contributed by atoms with Crippen molar-refractivity contribution in [1.29, 1.82) is 0 Å². The van der Waals surface area contributed by atoms with Crippen LogP contribution in [0.25, 0.3) is 11.0 Å². The average molecular weight is 230 g/mol. The van der Waals surface area contributed by atoms with E-state index in [9.17, 15) is 0 Å². The molecule has 2 heterocycles. The summed E-state index contributed by atoms with van der Waals surface area (Å²) < 4.78 is 0. The normalized spacial score (nSPS) is 11.1.